The lowest BCUT2D eigenvalue weighted by molar-refractivity contribution is -0.234. The van der Waals surface area contributed by atoms with Gasteiger partial charge in [0.25, 0.3) is 0 Å². The van der Waals surface area contributed by atoms with Crippen molar-refractivity contribution >= 4 is 5.82 Å². The first-order chi connectivity index (χ1) is 13.5. The quantitative estimate of drug-likeness (QED) is 0.522. The van der Waals surface area contributed by atoms with E-state index >= 15 is 0 Å². The summed E-state index contributed by atoms with van der Waals surface area (Å²) in [5.41, 5.74) is -4.64. The summed E-state index contributed by atoms with van der Waals surface area (Å²) in [4.78, 5) is 10.9. The molecule has 0 saturated heterocycles. The third-order valence-electron chi connectivity index (χ3n) is 3.57. The Balaban J connectivity index is 2.38. The molecule has 0 radical (unpaired) electrons. The van der Waals surface area contributed by atoms with Crippen molar-refractivity contribution < 1.29 is 36.2 Å². The number of ether oxygens (including phenoxy) is 1. The Bertz CT molecular complexity index is 842. The van der Waals surface area contributed by atoms with E-state index in [1.165, 1.54) is 31.5 Å². The molecule has 0 amide bonds. The van der Waals surface area contributed by atoms with Crippen LogP contribution < -0.4 is 5.32 Å². The minimum absolute atomic E-state index is 0.0627. The second-order valence-electron chi connectivity index (χ2n) is 5.74. The number of aliphatic hydroxyl groups is 1. The Hall–Kier alpha value is -2.89. The van der Waals surface area contributed by atoms with Crippen LogP contribution in [0.5, 0.6) is 0 Å². The van der Waals surface area contributed by atoms with Gasteiger partial charge in [-0.05, 0) is 25.1 Å². The molecule has 0 saturated carbocycles. The normalized spacial score (nSPS) is 14.6. The van der Waals surface area contributed by atoms with Gasteiger partial charge in [-0.15, -0.1) is 0 Å². The minimum atomic E-state index is -5.13. The topological polar surface area (TPSA) is 80.2 Å². The molecule has 29 heavy (non-hydrogen) atoms. The van der Waals surface area contributed by atoms with Gasteiger partial charge in [-0.2, -0.15) is 26.3 Å². The fraction of sp³-hybridized carbons (Fsp3) is 0.353. The minimum Gasteiger partial charge on any atom is -0.502 e. The van der Waals surface area contributed by atoms with Crippen molar-refractivity contribution in [2.75, 3.05) is 18.5 Å². The van der Waals surface area contributed by atoms with E-state index in [1.807, 2.05) is 0 Å². The number of anilines is 1. The van der Waals surface area contributed by atoms with Crippen molar-refractivity contribution in [1.29, 1.82) is 0 Å². The average Bonchev–Trinajstić information content (AvgIpc) is 2.65. The molecule has 0 fully saturated rings. The molecule has 2 aromatic heterocycles. The van der Waals surface area contributed by atoms with E-state index in [0.29, 0.717) is 18.4 Å². The Labute approximate surface area is 161 Å². The fourth-order valence-electron chi connectivity index (χ4n) is 2.04. The summed E-state index contributed by atoms with van der Waals surface area (Å²) in [6.07, 6.45) is -6.39. The van der Waals surface area contributed by atoms with E-state index in [2.05, 4.69) is 25.0 Å². The van der Waals surface area contributed by atoms with Crippen molar-refractivity contribution in [1.82, 2.24) is 15.0 Å². The van der Waals surface area contributed by atoms with Crippen molar-refractivity contribution in [3.05, 3.63) is 48.6 Å². The first kappa shape index (κ1) is 22.4. The van der Waals surface area contributed by atoms with Gasteiger partial charge in [0.15, 0.2) is 17.1 Å². The molecule has 0 spiro atoms. The van der Waals surface area contributed by atoms with Crippen LogP contribution in [0.25, 0.3) is 11.4 Å². The van der Waals surface area contributed by atoms with E-state index in [1.54, 1.807) is 0 Å². The van der Waals surface area contributed by atoms with E-state index in [-0.39, 0.29) is 12.2 Å². The Morgan fingerprint density at radius 2 is 1.90 bits per heavy atom. The summed E-state index contributed by atoms with van der Waals surface area (Å²) in [7, 11) is 0. The maximum Gasteiger partial charge on any atom is 0.433 e. The second kappa shape index (κ2) is 8.64. The Morgan fingerprint density at radius 1 is 1.17 bits per heavy atom. The van der Waals surface area contributed by atoms with Gasteiger partial charge in [0, 0.05) is 24.0 Å². The smallest absolute Gasteiger partial charge is 0.433 e. The molecule has 2 heterocycles. The van der Waals surface area contributed by atoms with Crippen LogP contribution in [0.4, 0.5) is 32.2 Å². The van der Waals surface area contributed by atoms with Crippen LogP contribution in [0.3, 0.4) is 0 Å². The number of nitrogens with zero attached hydrogens (tertiary/aromatic N) is 3. The summed E-state index contributed by atoms with van der Waals surface area (Å²) in [5.74, 6) is -0.950. The lowest BCUT2D eigenvalue weighted by Crippen LogP contribution is -2.49. The van der Waals surface area contributed by atoms with Crippen LogP contribution in [0, 0.1) is 0 Å². The number of alkyl halides is 6. The van der Waals surface area contributed by atoms with Crippen LogP contribution in [0.15, 0.2) is 42.9 Å². The van der Waals surface area contributed by atoms with Gasteiger partial charge in [0.2, 0.25) is 0 Å². The molecule has 2 N–H and O–H groups in total. The highest BCUT2D eigenvalue weighted by Gasteiger charge is 2.52. The van der Waals surface area contributed by atoms with Crippen LogP contribution in [0.2, 0.25) is 0 Å². The first-order valence-corrected chi connectivity index (χ1v) is 8.15. The maximum atomic E-state index is 13.2. The van der Waals surface area contributed by atoms with Crippen molar-refractivity contribution in [3.63, 3.8) is 0 Å². The first-order valence-electron chi connectivity index (χ1n) is 8.15. The summed E-state index contributed by atoms with van der Waals surface area (Å²) in [6.45, 7) is 0.378. The van der Waals surface area contributed by atoms with Crippen molar-refractivity contribution in [2.45, 2.75) is 24.9 Å². The van der Waals surface area contributed by atoms with E-state index < -0.39 is 41.8 Å². The molecule has 0 aromatic carbocycles. The lowest BCUT2D eigenvalue weighted by Gasteiger charge is -2.27. The molecule has 12 heteroatoms. The molecule has 158 valence electrons. The number of rotatable bonds is 7. The average molecular weight is 422 g/mol. The number of halogens is 6. The van der Waals surface area contributed by atoms with E-state index in [4.69, 9.17) is 0 Å². The zero-order valence-corrected chi connectivity index (χ0v) is 14.9. The number of hydrogen-bond acceptors (Lipinski definition) is 6. The molecule has 0 aliphatic rings. The van der Waals surface area contributed by atoms with Crippen LogP contribution >= 0.6 is 0 Å². The van der Waals surface area contributed by atoms with E-state index in [9.17, 15) is 31.4 Å². The molecule has 0 bridgehead atoms. The van der Waals surface area contributed by atoms with Gasteiger partial charge < -0.3 is 15.2 Å². The number of aromatic nitrogens is 3. The highest BCUT2D eigenvalue weighted by molar-refractivity contribution is 5.56. The Kier molecular flexibility index (Phi) is 6.67. The molecule has 2 rings (SSSR count). The lowest BCUT2D eigenvalue weighted by atomic mass is 10.0. The van der Waals surface area contributed by atoms with Crippen molar-refractivity contribution in [2.24, 2.45) is 0 Å². The highest BCUT2D eigenvalue weighted by atomic mass is 19.4. The number of nitrogens with one attached hydrogen (secondary N) is 1. The summed E-state index contributed by atoms with van der Waals surface area (Å²) < 4.78 is 83.8. The number of pyridine rings is 1. The predicted molar refractivity (Wildman–Crippen MR) is 90.5 cm³/mol. The molecule has 1 atom stereocenters. The van der Waals surface area contributed by atoms with Gasteiger partial charge in [0.05, 0.1) is 19.4 Å². The molecule has 0 aliphatic heterocycles. The highest BCUT2D eigenvalue weighted by Crippen LogP contribution is 2.33. The third kappa shape index (κ3) is 5.79. The zero-order valence-electron chi connectivity index (χ0n) is 14.9. The van der Waals surface area contributed by atoms with Crippen LogP contribution in [-0.2, 0) is 10.9 Å². The second-order valence-corrected chi connectivity index (χ2v) is 5.74. The third-order valence-corrected chi connectivity index (χ3v) is 3.57. The summed E-state index contributed by atoms with van der Waals surface area (Å²) in [6, 6.07) is 3.28. The number of hydrogen-bond donors (Lipinski definition) is 2. The monoisotopic (exact) mass is 422 g/mol. The zero-order chi connectivity index (χ0) is 21.7. The van der Waals surface area contributed by atoms with Crippen molar-refractivity contribution in [3.8, 4) is 11.4 Å². The summed E-state index contributed by atoms with van der Waals surface area (Å²) in [5, 5.41) is 12.0. The molecular weight excluding hydrogens is 406 g/mol. The summed E-state index contributed by atoms with van der Waals surface area (Å²) >= 11 is 0. The van der Waals surface area contributed by atoms with Gasteiger partial charge in [-0.25, -0.2) is 9.97 Å². The van der Waals surface area contributed by atoms with Gasteiger partial charge in [-0.3, -0.25) is 4.98 Å². The predicted octanol–water partition coefficient (Wildman–Crippen LogP) is 3.81. The molecule has 1 unspecified atom stereocenters. The van der Waals surface area contributed by atoms with Crippen LogP contribution in [-0.4, -0.2) is 45.0 Å². The van der Waals surface area contributed by atoms with Gasteiger partial charge >= 0.3 is 12.4 Å². The molecular formula is C17H16F6N4O2. The largest absolute Gasteiger partial charge is 0.502 e. The molecule has 0 aliphatic carbocycles. The van der Waals surface area contributed by atoms with Gasteiger partial charge in [-0.1, -0.05) is 0 Å². The van der Waals surface area contributed by atoms with E-state index in [0.717, 1.165) is 0 Å². The molecule has 2 aromatic rings. The Morgan fingerprint density at radius 3 is 2.45 bits per heavy atom. The van der Waals surface area contributed by atoms with Gasteiger partial charge in [0.1, 0.15) is 5.82 Å². The fourth-order valence-corrected chi connectivity index (χ4v) is 2.04. The SMILES string of the molecule is CCO/C=C/C(O)(CNc1cc(C(F)(F)F)nc(-c2cccnc2)n1)C(F)(F)F. The molecule has 6 nitrogen and oxygen atoms in total. The maximum absolute atomic E-state index is 13.2. The standard InChI is InChI=1S/C17H16F6N4O2/c1-2-29-7-5-15(28,17(21,22)23)10-25-13-8-12(16(18,19)20)26-14(27-13)11-4-3-6-24-9-11/h3-9,28H,2,10H2,1H3,(H,25,26,27)/b7-5+. The van der Waals surface area contributed by atoms with Crippen LogP contribution in [0.1, 0.15) is 12.6 Å².